The van der Waals surface area contributed by atoms with E-state index in [0.29, 0.717) is 0 Å². The van der Waals surface area contributed by atoms with Gasteiger partial charge in [-0.3, -0.25) is 4.57 Å². The molecule has 0 saturated heterocycles. The van der Waals surface area contributed by atoms with E-state index in [9.17, 15) is 0 Å². The molecule has 0 aliphatic carbocycles. The molecule has 10 heavy (non-hydrogen) atoms. The largest absolute Gasteiger partial charge is 0.288 e. The van der Waals surface area contributed by atoms with Crippen molar-refractivity contribution >= 4 is 11.7 Å². The van der Waals surface area contributed by atoms with Crippen LogP contribution in [0.25, 0.3) is 5.82 Å². The quantitative estimate of drug-likeness (QED) is 0.604. The predicted molar refractivity (Wildman–Crippen MR) is 37.0 cm³/mol. The first-order valence-corrected chi connectivity index (χ1v) is 3.46. The molecule has 0 aliphatic heterocycles. The summed E-state index contributed by atoms with van der Waals surface area (Å²) in [7, 11) is 0. The highest BCUT2D eigenvalue weighted by atomic mass is 32.1. The first kappa shape index (κ1) is 5.55. The minimum absolute atomic E-state index is 0.822. The molecule has 0 saturated carbocycles. The standard InChI is InChI=1S/C5H4N4S/c1-2-9(4-6-1)5-3-7-10-8-5/h1-4H. The van der Waals surface area contributed by atoms with Crippen LogP contribution in [0.4, 0.5) is 0 Å². The van der Waals surface area contributed by atoms with Gasteiger partial charge in [-0.15, -0.1) is 0 Å². The van der Waals surface area contributed by atoms with Crippen LogP contribution in [0.15, 0.2) is 24.9 Å². The highest BCUT2D eigenvalue weighted by Gasteiger charge is 1.95. The van der Waals surface area contributed by atoms with Crippen molar-refractivity contribution in [3.8, 4) is 5.82 Å². The fraction of sp³-hybridized carbons (Fsp3) is 0. The molecule has 0 unspecified atom stereocenters. The van der Waals surface area contributed by atoms with Crippen molar-refractivity contribution in [2.45, 2.75) is 0 Å². The van der Waals surface area contributed by atoms with E-state index in [1.54, 1.807) is 18.7 Å². The first-order valence-electron chi connectivity index (χ1n) is 2.73. The van der Waals surface area contributed by atoms with E-state index in [1.165, 1.54) is 11.7 Å². The smallest absolute Gasteiger partial charge is 0.171 e. The number of hydrogen-bond donors (Lipinski definition) is 0. The van der Waals surface area contributed by atoms with Crippen molar-refractivity contribution in [1.29, 1.82) is 0 Å². The second-order valence-electron chi connectivity index (χ2n) is 1.74. The Morgan fingerprint density at radius 1 is 1.50 bits per heavy atom. The van der Waals surface area contributed by atoms with Crippen molar-refractivity contribution in [3.05, 3.63) is 24.9 Å². The van der Waals surface area contributed by atoms with Crippen molar-refractivity contribution in [1.82, 2.24) is 18.3 Å². The topological polar surface area (TPSA) is 43.6 Å². The molecular formula is C5H4N4S. The Labute approximate surface area is 61.5 Å². The minimum Gasteiger partial charge on any atom is -0.288 e. The summed E-state index contributed by atoms with van der Waals surface area (Å²) in [6.45, 7) is 0. The second-order valence-corrected chi connectivity index (χ2v) is 2.29. The monoisotopic (exact) mass is 152 g/mol. The Kier molecular flexibility index (Phi) is 1.21. The number of rotatable bonds is 1. The van der Waals surface area contributed by atoms with Crippen LogP contribution in [0.2, 0.25) is 0 Å². The maximum Gasteiger partial charge on any atom is 0.171 e. The lowest BCUT2D eigenvalue weighted by atomic mass is 10.7. The van der Waals surface area contributed by atoms with Gasteiger partial charge in [0.2, 0.25) is 0 Å². The third-order valence-corrected chi connectivity index (χ3v) is 1.59. The van der Waals surface area contributed by atoms with Gasteiger partial charge >= 0.3 is 0 Å². The van der Waals surface area contributed by atoms with Crippen LogP contribution in [-0.2, 0) is 0 Å². The average molecular weight is 152 g/mol. The summed E-state index contributed by atoms with van der Waals surface area (Å²) in [5.74, 6) is 0.822. The highest BCUT2D eigenvalue weighted by Crippen LogP contribution is 2.01. The molecule has 0 fully saturated rings. The van der Waals surface area contributed by atoms with Gasteiger partial charge in [-0.25, -0.2) is 4.98 Å². The Morgan fingerprint density at radius 2 is 2.50 bits per heavy atom. The summed E-state index contributed by atoms with van der Waals surface area (Å²) in [5, 5.41) is 0. The van der Waals surface area contributed by atoms with Crippen molar-refractivity contribution < 1.29 is 0 Å². The lowest BCUT2D eigenvalue weighted by Gasteiger charge is -1.89. The van der Waals surface area contributed by atoms with Gasteiger partial charge < -0.3 is 0 Å². The van der Waals surface area contributed by atoms with E-state index in [0.717, 1.165) is 5.82 Å². The van der Waals surface area contributed by atoms with E-state index < -0.39 is 0 Å². The van der Waals surface area contributed by atoms with Gasteiger partial charge in [0.05, 0.1) is 17.9 Å². The van der Waals surface area contributed by atoms with E-state index in [4.69, 9.17) is 0 Å². The van der Waals surface area contributed by atoms with Crippen LogP contribution in [0.1, 0.15) is 0 Å². The van der Waals surface area contributed by atoms with Crippen LogP contribution < -0.4 is 0 Å². The molecular weight excluding hydrogens is 148 g/mol. The number of hydrogen-bond acceptors (Lipinski definition) is 4. The molecule has 0 bridgehead atoms. The molecule has 0 aromatic carbocycles. The van der Waals surface area contributed by atoms with Gasteiger partial charge in [0.25, 0.3) is 0 Å². The Morgan fingerprint density at radius 3 is 3.10 bits per heavy atom. The van der Waals surface area contributed by atoms with Gasteiger partial charge in [-0.1, -0.05) is 0 Å². The molecule has 2 heterocycles. The van der Waals surface area contributed by atoms with Gasteiger partial charge in [0.15, 0.2) is 5.82 Å². The first-order chi connectivity index (χ1) is 4.97. The normalized spacial score (nSPS) is 10.0. The number of nitrogens with zero attached hydrogens (tertiary/aromatic N) is 4. The Balaban J connectivity index is 2.48. The molecule has 0 amide bonds. The summed E-state index contributed by atoms with van der Waals surface area (Å²) in [6.07, 6.45) is 6.93. The highest BCUT2D eigenvalue weighted by molar-refractivity contribution is 6.99. The third kappa shape index (κ3) is 0.801. The van der Waals surface area contributed by atoms with Crippen molar-refractivity contribution in [3.63, 3.8) is 0 Å². The summed E-state index contributed by atoms with van der Waals surface area (Å²) < 4.78 is 9.68. The van der Waals surface area contributed by atoms with E-state index in [2.05, 4.69) is 13.7 Å². The summed E-state index contributed by atoms with van der Waals surface area (Å²) in [4.78, 5) is 3.88. The molecule has 0 N–H and O–H groups in total. The molecule has 2 rings (SSSR count). The maximum absolute atomic E-state index is 4.01. The maximum atomic E-state index is 4.01. The van der Waals surface area contributed by atoms with Gasteiger partial charge in [-0.2, -0.15) is 8.75 Å². The van der Waals surface area contributed by atoms with Gasteiger partial charge in [0, 0.05) is 12.4 Å². The number of aromatic nitrogens is 4. The zero-order valence-electron chi connectivity index (χ0n) is 5.01. The number of imidazole rings is 1. The van der Waals surface area contributed by atoms with E-state index in [1.807, 2.05) is 10.8 Å². The summed E-state index contributed by atoms with van der Waals surface area (Å²) in [6, 6.07) is 0. The van der Waals surface area contributed by atoms with Crippen molar-refractivity contribution in [2.24, 2.45) is 0 Å². The second kappa shape index (κ2) is 2.18. The molecule has 2 aromatic rings. The van der Waals surface area contributed by atoms with Crippen LogP contribution in [-0.4, -0.2) is 18.3 Å². The van der Waals surface area contributed by atoms with E-state index in [-0.39, 0.29) is 0 Å². The summed E-state index contributed by atoms with van der Waals surface area (Å²) >= 11 is 1.19. The van der Waals surface area contributed by atoms with Gasteiger partial charge in [0.1, 0.15) is 6.33 Å². The average Bonchev–Trinajstić information content (AvgIpc) is 2.59. The lowest BCUT2D eigenvalue weighted by molar-refractivity contribution is 1.02. The zero-order chi connectivity index (χ0) is 6.81. The van der Waals surface area contributed by atoms with Crippen LogP contribution in [0.5, 0.6) is 0 Å². The molecule has 0 atom stereocenters. The van der Waals surface area contributed by atoms with E-state index >= 15 is 0 Å². The SMILES string of the molecule is c1cn(-c2cnsn2)cn1. The molecule has 5 heteroatoms. The third-order valence-electron chi connectivity index (χ3n) is 1.12. The fourth-order valence-corrected chi connectivity index (χ4v) is 1.08. The van der Waals surface area contributed by atoms with Crippen LogP contribution in [0.3, 0.4) is 0 Å². The lowest BCUT2D eigenvalue weighted by Crippen LogP contribution is -1.87. The van der Waals surface area contributed by atoms with Gasteiger partial charge in [-0.05, 0) is 0 Å². The van der Waals surface area contributed by atoms with Crippen molar-refractivity contribution in [2.75, 3.05) is 0 Å². The summed E-state index contributed by atoms with van der Waals surface area (Å²) in [5.41, 5.74) is 0. The fourth-order valence-electron chi connectivity index (χ4n) is 0.668. The minimum atomic E-state index is 0.822. The molecule has 0 spiro atoms. The molecule has 0 aliphatic rings. The molecule has 4 nitrogen and oxygen atoms in total. The molecule has 0 radical (unpaired) electrons. The predicted octanol–water partition coefficient (Wildman–Crippen LogP) is 0.724. The van der Waals surface area contributed by atoms with Crippen LogP contribution in [0, 0.1) is 0 Å². The Bertz CT molecular complexity index is 253. The molecule has 50 valence electrons. The zero-order valence-corrected chi connectivity index (χ0v) is 5.82. The Hall–Kier alpha value is -1.23. The molecule has 2 aromatic heterocycles. The van der Waals surface area contributed by atoms with Crippen LogP contribution >= 0.6 is 11.7 Å².